The lowest BCUT2D eigenvalue weighted by Crippen LogP contribution is -2.14. The first-order chi connectivity index (χ1) is 13.1. The highest BCUT2D eigenvalue weighted by molar-refractivity contribution is 5.69. The van der Waals surface area contributed by atoms with Crippen molar-refractivity contribution in [2.45, 2.75) is 149 Å². The predicted molar refractivity (Wildman–Crippen MR) is 116 cm³/mol. The maximum absolute atomic E-state index is 11.8. The average molecular weight is 385 g/mol. The molecule has 1 N–H and O–H groups in total. The van der Waals surface area contributed by atoms with Crippen molar-refractivity contribution in [2.75, 3.05) is 0 Å². The molecule has 0 saturated carbocycles. The Kier molecular flexibility index (Phi) is 19.7. The van der Waals surface area contributed by atoms with Gasteiger partial charge in [-0.2, -0.15) is 0 Å². The molecule has 27 heavy (non-hydrogen) atoms. The Morgan fingerprint density at radius 1 is 0.704 bits per heavy atom. The largest absolute Gasteiger partial charge is 0.463 e. The van der Waals surface area contributed by atoms with Crippen molar-refractivity contribution in [2.24, 2.45) is 0 Å². The SMILES string of the molecule is CCCCCCCCCCCCCCCC(=O)OC(C)CCCCC(C)O. The van der Waals surface area contributed by atoms with Gasteiger partial charge in [-0.25, -0.2) is 0 Å². The highest BCUT2D eigenvalue weighted by Gasteiger charge is 2.09. The molecule has 0 fully saturated rings. The topological polar surface area (TPSA) is 46.5 Å². The van der Waals surface area contributed by atoms with Gasteiger partial charge < -0.3 is 9.84 Å². The van der Waals surface area contributed by atoms with Crippen molar-refractivity contribution in [3.63, 3.8) is 0 Å². The number of aliphatic hydroxyl groups is 1. The summed E-state index contributed by atoms with van der Waals surface area (Å²) in [5, 5.41) is 9.23. The van der Waals surface area contributed by atoms with E-state index in [1.54, 1.807) is 0 Å². The van der Waals surface area contributed by atoms with Crippen LogP contribution in [0.25, 0.3) is 0 Å². The number of unbranched alkanes of at least 4 members (excludes halogenated alkanes) is 13. The highest BCUT2D eigenvalue weighted by atomic mass is 16.5. The Morgan fingerprint density at radius 3 is 1.63 bits per heavy atom. The van der Waals surface area contributed by atoms with Crippen LogP contribution >= 0.6 is 0 Å². The van der Waals surface area contributed by atoms with Gasteiger partial charge in [-0.05, 0) is 39.5 Å². The summed E-state index contributed by atoms with van der Waals surface area (Å²) in [7, 11) is 0. The summed E-state index contributed by atoms with van der Waals surface area (Å²) < 4.78 is 5.46. The molecule has 3 nitrogen and oxygen atoms in total. The molecule has 0 radical (unpaired) electrons. The quantitative estimate of drug-likeness (QED) is 0.176. The molecule has 0 aliphatic carbocycles. The third-order valence-corrected chi connectivity index (χ3v) is 5.30. The first-order valence-electron chi connectivity index (χ1n) is 11.9. The van der Waals surface area contributed by atoms with Gasteiger partial charge in [0, 0.05) is 6.42 Å². The normalized spacial score (nSPS) is 13.5. The molecule has 162 valence electrons. The van der Waals surface area contributed by atoms with Crippen LogP contribution in [-0.4, -0.2) is 23.3 Å². The minimum atomic E-state index is -0.224. The molecule has 0 rings (SSSR count). The van der Waals surface area contributed by atoms with Gasteiger partial charge in [0.15, 0.2) is 0 Å². The molecule has 0 aromatic carbocycles. The highest BCUT2D eigenvalue weighted by Crippen LogP contribution is 2.14. The lowest BCUT2D eigenvalue weighted by atomic mass is 10.0. The number of carbonyl (C=O) groups is 1. The lowest BCUT2D eigenvalue weighted by Gasteiger charge is -2.13. The zero-order valence-corrected chi connectivity index (χ0v) is 18.6. The van der Waals surface area contributed by atoms with Crippen molar-refractivity contribution >= 4 is 5.97 Å². The summed E-state index contributed by atoms with van der Waals surface area (Å²) in [5.41, 5.74) is 0. The molecule has 2 unspecified atom stereocenters. The van der Waals surface area contributed by atoms with Crippen LogP contribution in [-0.2, 0) is 9.53 Å². The molecule has 0 amide bonds. The summed E-state index contributed by atoms with van der Waals surface area (Å²) in [4.78, 5) is 11.8. The van der Waals surface area contributed by atoms with E-state index in [9.17, 15) is 9.90 Å². The second-order valence-electron chi connectivity index (χ2n) is 8.43. The minimum absolute atomic E-state index is 0.00784. The standard InChI is InChI=1S/C24H48O3/c1-4-5-6-7-8-9-10-11-12-13-14-15-16-21-24(26)27-23(3)20-18-17-19-22(2)25/h22-23,25H,4-21H2,1-3H3. The Bertz CT molecular complexity index is 315. The number of hydrogen-bond donors (Lipinski definition) is 1. The van der Waals surface area contributed by atoms with E-state index in [1.807, 2.05) is 13.8 Å². The van der Waals surface area contributed by atoms with Gasteiger partial charge in [0.05, 0.1) is 12.2 Å². The molecule has 0 aromatic heterocycles. The number of aliphatic hydroxyl groups excluding tert-OH is 1. The van der Waals surface area contributed by atoms with E-state index in [-0.39, 0.29) is 18.2 Å². The van der Waals surface area contributed by atoms with Crippen molar-refractivity contribution in [3.8, 4) is 0 Å². The van der Waals surface area contributed by atoms with Gasteiger partial charge in [0.2, 0.25) is 0 Å². The summed E-state index contributed by atoms with van der Waals surface area (Å²) in [6, 6.07) is 0. The minimum Gasteiger partial charge on any atom is -0.463 e. The predicted octanol–water partition coefficient (Wildman–Crippen LogP) is 7.34. The van der Waals surface area contributed by atoms with Crippen molar-refractivity contribution in [1.82, 2.24) is 0 Å². The Balaban J connectivity index is 3.29. The number of rotatable bonds is 20. The van der Waals surface area contributed by atoms with Crippen molar-refractivity contribution < 1.29 is 14.6 Å². The molecule has 0 aromatic rings. The Hall–Kier alpha value is -0.570. The molecular weight excluding hydrogens is 336 g/mol. The fourth-order valence-electron chi connectivity index (χ4n) is 3.50. The fraction of sp³-hybridized carbons (Fsp3) is 0.958. The lowest BCUT2D eigenvalue weighted by molar-refractivity contribution is -0.148. The molecule has 2 atom stereocenters. The van der Waals surface area contributed by atoms with E-state index >= 15 is 0 Å². The number of hydrogen-bond acceptors (Lipinski definition) is 3. The van der Waals surface area contributed by atoms with E-state index < -0.39 is 0 Å². The summed E-state index contributed by atoms with van der Waals surface area (Å²) in [5.74, 6) is -0.0406. The first-order valence-corrected chi connectivity index (χ1v) is 11.9. The van der Waals surface area contributed by atoms with Gasteiger partial charge in [0.25, 0.3) is 0 Å². The zero-order valence-electron chi connectivity index (χ0n) is 18.6. The van der Waals surface area contributed by atoms with Crippen LogP contribution in [0.2, 0.25) is 0 Å². The van der Waals surface area contributed by atoms with E-state index in [1.165, 1.54) is 70.6 Å². The van der Waals surface area contributed by atoms with Crippen molar-refractivity contribution in [3.05, 3.63) is 0 Å². The average Bonchev–Trinajstić information content (AvgIpc) is 2.62. The molecule has 0 saturated heterocycles. The maximum atomic E-state index is 11.8. The van der Waals surface area contributed by atoms with Gasteiger partial charge >= 0.3 is 5.97 Å². The van der Waals surface area contributed by atoms with Crippen LogP contribution in [0.5, 0.6) is 0 Å². The zero-order chi connectivity index (χ0) is 20.2. The van der Waals surface area contributed by atoms with Gasteiger partial charge in [-0.1, -0.05) is 90.4 Å². The molecule has 0 aliphatic rings. The number of esters is 1. The molecule has 0 heterocycles. The van der Waals surface area contributed by atoms with E-state index in [4.69, 9.17) is 4.74 Å². The van der Waals surface area contributed by atoms with Crippen LogP contribution in [0.3, 0.4) is 0 Å². The van der Waals surface area contributed by atoms with Gasteiger partial charge in [-0.3, -0.25) is 4.79 Å². The first kappa shape index (κ1) is 26.4. The van der Waals surface area contributed by atoms with Crippen LogP contribution in [0.4, 0.5) is 0 Å². The second kappa shape index (κ2) is 20.2. The Morgan fingerprint density at radius 2 is 1.15 bits per heavy atom. The third kappa shape index (κ3) is 21.6. The van der Waals surface area contributed by atoms with Crippen LogP contribution in [0, 0.1) is 0 Å². The summed E-state index contributed by atoms with van der Waals surface area (Å²) >= 11 is 0. The number of ether oxygens (including phenoxy) is 1. The van der Waals surface area contributed by atoms with E-state index in [2.05, 4.69) is 6.92 Å². The monoisotopic (exact) mass is 384 g/mol. The third-order valence-electron chi connectivity index (χ3n) is 5.30. The smallest absolute Gasteiger partial charge is 0.306 e. The van der Waals surface area contributed by atoms with Gasteiger partial charge in [0.1, 0.15) is 0 Å². The summed E-state index contributed by atoms with van der Waals surface area (Å²) in [6.07, 6.45) is 21.3. The second-order valence-corrected chi connectivity index (χ2v) is 8.43. The molecule has 0 bridgehead atoms. The number of carbonyl (C=O) groups excluding carboxylic acids is 1. The molecule has 0 aliphatic heterocycles. The van der Waals surface area contributed by atoms with Crippen LogP contribution < -0.4 is 0 Å². The van der Waals surface area contributed by atoms with E-state index in [0.29, 0.717) is 6.42 Å². The van der Waals surface area contributed by atoms with Crippen LogP contribution in [0.1, 0.15) is 136 Å². The molecular formula is C24H48O3. The maximum Gasteiger partial charge on any atom is 0.306 e. The fourth-order valence-corrected chi connectivity index (χ4v) is 3.50. The molecule has 3 heteroatoms. The van der Waals surface area contributed by atoms with Crippen molar-refractivity contribution in [1.29, 1.82) is 0 Å². The van der Waals surface area contributed by atoms with Gasteiger partial charge in [-0.15, -0.1) is 0 Å². The summed E-state index contributed by atoms with van der Waals surface area (Å²) in [6.45, 7) is 6.06. The van der Waals surface area contributed by atoms with E-state index in [0.717, 1.165) is 38.5 Å². The Labute approximate surface area is 169 Å². The molecule has 0 spiro atoms. The van der Waals surface area contributed by atoms with Crippen LogP contribution in [0.15, 0.2) is 0 Å².